The van der Waals surface area contributed by atoms with Crippen LogP contribution in [0.1, 0.15) is 11.1 Å². The Bertz CT molecular complexity index is 604. The van der Waals surface area contributed by atoms with Crippen LogP contribution in [0.15, 0.2) is 59.5 Å². The number of hydrogen-bond donors (Lipinski definition) is 1. The third-order valence-corrected chi connectivity index (χ3v) is 3.91. The lowest BCUT2D eigenvalue weighted by Crippen LogP contribution is -2.04. The van der Waals surface area contributed by atoms with Crippen LogP contribution in [0.5, 0.6) is 0 Å². The van der Waals surface area contributed by atoms with E-state index in [1.807, 2.05) is 49.4 Å². The molecule has 0 bridgehead atoms. The van der Waals surface area contributed by atoms with Gasteiger partial charge < -0.3 is 0 Å². The molecule has 0 heterocycles. The smallest absolute Gasteiger partial charge is 0.191 e. The number of nitrogens with one attached hydrogen (secondary N) is 1. The molecule has 1 unspecified atom stereocenters. The molecule has 94 valence electrons. The van der Waals surface area contributed by atoms with Gasteiger partial charge in [0.25, 0.3) is 0 Å². The first-order valence-corrected chi connectivity index (χ1v) is 7.10. The molecule has 0 fully saturated rings. The molecule has 2 rings (SSSR count). The first kappa shape index (κ1) is 12.8. The molecule has 3 nitrogen and oxygen atoms in total. The van der Waals surface area contributed by atoms with Gasteiger partial charge in [-0.05, 0) is 24.6 Å². The van der Waals surface area contributed by atoms with Gasteiger partial charge in [-0.25, -0.2) is 8.99 Å². The first-order chi connectivity index (χ1) is 8.58. The summed E-state index contributed by atoms with van der Waals surface area (Å²) in [5, 5.41) is 0. The van der Waals surface area contributed by atoms with Gasteiger partial charge in [-0.1, -0.05) is 48.0 Å². The van der Waals surface area contributed by atoms with E-state index < -0.39 is 10.0 Å². The van der Waals surface area contributed by atoms with Crippen LogP contribution in [0.25, 0.3) is 0 Å². The molecule has 0 spiro atoms. The van der Waals surface area contributed by atoms with E-state index in [4.69, 9.17) is 8.96 Å². The summed E-state index contributed by atoms with van der Waals surface area (Å²) in [4.78, 5) is 0.407. The fourth-order valence-electron chi connectivity index (χ4n) is 1.51. The standard InChI is InChI=1S/C14H15NO2S/c1-12-7-9-14(10-8-12)18(15,16)17-11-13-5-3-2-4-6-13/h2-10,15H,11H2,1H3. The van der Waals surface area contributed by atoms with Crippen LogP contribution >= 0.6 is 0 Å². The second-order valence-corrected chi connectivity index (χ2v) is 5.78. The van der Waals surface area contributed by atoms with Crippen molar-refractivity contribution in [3.63, 3.8) is 0 Å². The highest BCUT2D eigenvalue weighted by atomic mass is 32.2. The Morgan fingerprint density at radius 2 is 1.67 bits per heavy atom. The zero-order valence-electron chi connectivity index (χ0n) is 10.1. The van der Waals surface area contributed by atoms with Crippen molar-refractivity contribution >= 4 is 10.0 Å². The molecule has 4 heteroatoms. The summed E-state index contributed by atoms with van der Waals surface area (Å²) < 4.78 is 25.1. The van der Waals surface area contributed by atoms with E-state index in [1.54, 1.807) is 12.1 Å². The molecule has 0 amide bonds. The van der Waals surface area contributed by atoms with Gasteiger partial charge in [0.2, 0.25) is 0 Å². The van der Waals surface area contributed by atoms with Crippen molar-refractivity contribution in [1.29, 1.82) is 4.78 Å². The highest BCUT2D eigenvalue weighted by Gasteiger charge is 2.10. The topological polar surface area (TPSA) is 50.2 Å². The Balaban J connectivity index is 2.11. The average molecular weight is 261 g/mol. The fourth-order valence-corrected chi connectivity index (χ4v) is 2.44. The van der Waals surface area contributed by atoms with Crippen LogP contribution < -0.4 is 0 Å². The Labute approximate surface area is 108 Å². The van der Waals surface area contributed by atoms with Crippen molar-refractivity contribution in [2.75, 3.05) is 0 Å². The molecule has 2 aromatic rings. The molecule has 2 aromatic carbocycles. The molecule has 1 N–H and O–H groups in total. The molecule has 0 aliphatic heterocycles. The van der Waals surface area contributed by atoms with E-state index in [0.29, 0.717) is 4.90 Å². The molecule has 0 aliphatic carbocycles. The van der Waals surface area contributed by atoms with Crippen LogP contribution in [0.4, 0.5) is 0 Å². The van der Waals surface area contributed by atoms with Crippen molar-refractivity contribution in [3.05, 3.63) is 65.7 Å². The largest absolute Gasteiger partial charge is 0.277 e. The second-order valence-electron chi connectivity index (χ2n) is 4.06. The highest BCUT2D eigenvalue weighted by molar-refractivity contribution is 7.87. The van der Waals surface area contributed by atoms with E-state index in [1.165, 1.54) is 0 Å². The fraction of sp³-hybridized carbons (Fsp3) is 0.143. The summed E-state index contributed by atoms with van der Waals surface area (Å²) in [7, 11) is -3.18. The van der Waals surface area contributed by atoms with Crippen LogP contribution in [-0.2, 0) is 20.8 Å². The van der Waals surface area contributed by atoms with Crippen LogP contribution in [0.2, 0.25) is 0 Å². The molecule has 0 saturated heterocycles. The minimum absolute atomic E-state index is 0.178. The van der Waals surface area contributed by atoms with Crippen LogP contribution in [-0.4, -0.2) is 4.21 Å². The number of aryl methyl sites for hydroxylation is 1. The number of benzene rings is 2. The maximum atomic E-state index is 12.1. The average Bonchev–Trinajstić information content (AvgIpc) is 2.38. The minimum Gasteiger partial charge on any atom is -0.277 e. The molecular formula is C14H15NO2S. The zero-order valence-corrected chi connectivity index (χ0v) is 10.9. The van der Waals surface area contributed by atoms with Gasteiger partial charge in [0.1, 0.15) is 0 Å². The van der Waals surface area contributed by atoms with Gasteiger partial charge >= 0.3 is 0 Å². The van der Waals surface area contributed by atoms with Crippen LogP contribution in [0.3, 0.4) is 0 Å². The third-order valence-electron chi connectivity index (χ3n) is 2.57. The van der Waals surface area contributed by atoms with Crippen LogP contribution in [0, 0.1) is 11.7 Å². The van der Waals surface area contributed by atoms with Crippen molar-refractivity contribution in [3.8, 4) is 0 Å². The lowest BCUT2D eigenvalue weighted by Gasteiger charge is -2.08. The first-order valence-electron chi connectivity index (χ1n) is 5.62. The predicted octanol–water partition coefficient (Wildman–Crippen LogP) is 3.53. The SMILES string of the molecule is Cc1ccc(S(=N)(=O)OCc2ccccc2)cc1. The van der Waals surface area contributed by atoms with Gasteiger partial charge in [-0.3, -0.25) is 4.18 Å². The Morgan fingerprint density at radius 1 is 1.06 bits per heavy atom. The lowest BCUT2D eigenvalue weighted by molar-refractivity contribution is 0.329. The van der Waals surface area contributed by atoms with E-state index in [2.05, 4.69) is 0 Å². The zero-order chi connectivity index (χ0) is 13.0. The summed E-state index contributed by atoms with van der Waals surface area (Å²) in [5.74, 6) is 0. The van der Waals surface area contributed by atoms with E-state index in [-0.39, 0.29) is 6.61 Å². The van der Waals surface area contributed by atoms with Crippen molar-refractivity contribution < 1.29 is 8.39 Å². The van der Waals surface area contributed by atoms with Gasteiger partial charge in [0.05, 0.1) is 11.5 Å². The maximum absolute atomic E-state index is 12.1. The quantitative estimate of drug-likeness (QED) is 0.915. The Kier molecular flexibility index (Phi) is 3.79. The monoisotopic (exact) mass is 261 g/mol. The van der Waals surface area contributed by atoms with Crippen molar-refractivity contribution in [1.82, 2.24) is 0 Å². The third kappa shape index (κ3) is 3.18. The second kappa shape index (κ2) is 5.33. The van der Waals surface area contributed by atoms with Crippen molar-refractivity contribution in [2.45, 2.75) is 18.4 Å². The maximum Gasteiger partial charge on any atom is 0.191 e. The summed E-state index contributed by atoms with van der Waals surface area (Å²) in [6.07, 6.45) is 0. The Hall–Kier alpha value is -1.65. The van der Waals surface area contributed by atoms with E-state index in [0.717, 1.165) is 11.1 Å². The van der Waals surface area contributed by atoms with E-state index >= 15 is 0 Å². The van der Waals surface area contributed by atoms with Gasteiger partial charge in [-0.2, -0.15) is 0 Å². The summed E-state index contributed by atoms with van der Waals surface area (Å²) in [6.45, 7) is 2.12. The minimum atomic E-state index is -3.18. The molecular weight excluding hydrogens is 246 g/mol. The molecule has 0 saturated carbocycles. The number of rotatable bonds is 4. The van der Waals surface area contributed by atoms with Crippen molar-refractivity contribution in [2.24, 2.45) is 0 Å². The van der Waals surface area contributed by atoms with Gasteiger partial charge in [0, 0.05) is 0 Å². The van der Waals surface area contributed by atoms with E-state index in [9.17, 15) is 4.21 Å². The summed E-state index contributed by atoms with van der Waals surface area (Å²) >= 11 is 0. The van der Waals surface area contributed by atoms with Gasteiger partial charge in [-0.15, -0.1) is 0 Å². The Morgan fingerprint density at radius 3 is 2.28 bits per heavy atom. The molecule has 1 atom stereocenters. The number of hydrogen-bond acceptors (Lipinski definition) is 3. The molecule has 18 heavy (non-hydrogen) atoms. The summed E-state index contributed by atoms with van der Waals surface area (Å²) in [6, 6.07) is 16.4. The normalized spacial score (nSPS) is 14.1. The molecule has 0 aliphatic rings. The predicted molar refractivity (Wildman–Crippen MR) is 71.5 cm³/mol. The molecule has 0 radical (unpaired) electrons. The lowest BCUT2D eigenvalue weighted by atomic mass is 10.2. The summed E-state index contributed by atoms with van der Waals surface area (Å²) in [5.41, 5.74) is 1.97. The van der Waals surface area contributed by atoms with Gasteiger partial charge in [0.15, 0.2) is 10.0 Å². The molecule has 0 aromatic heterocycles. The highest BCUT2D eigenvalue weighted by Crippen LogP contribution is 2.15.